The van der Waals surface area contributed by atoms with Gasteiger partial charge in [-0.05, 0) is 111 Å². The number of likely N-dealkylation sites (tertiary alicyclic amines) is 2. The summed E-state index contributed by atoms with van der Waals surface area (Å²) in [6.07, 6.45) is -7.84. The Morgan fingerprint density at radius 3 is 1.91 bits per heavy atom. The number of benzene rings is 4. The lowest BCUT2D eigenvalue weighted by Gasteiger charge is -2.49. The molecule has 2 unspecified atom stereocenters. The lowest BCUT2D eigenvalue weighted by Crippen LogP contribution is -2.67. The second-order valence-electron chi connectivity index (χ2n) is 19.4. The number of ketones is 1. The maximum absolute atomic E-state index is 15.1. The van der Waals surface area contributed by atoms with E-state index in [-0.39, 0.29) is 55.9 Å². The van der Waals surface area contributed by atoms with E-state index in [1.165, 1.54) is 46.2 Å². The van der Waals surface area contributed by atoms with E-state index in [9.17, 15) is 49.5 Å². The second kappa shape index (κ2) is 23.7. The molecular formula is C55H57F8N5O8. The molecule has 0 radical (unpaired) electrons. The van der Waals surface area contributed by atoms with E-state index in [1.54, 1.807) is 40.0 Å². The molecule has 3 fully saturated rings. The number of piperazine rings is 1. The highest BCUT2D eigenvalue weighted by Crippen LogP contribution is 2.44. The number of pyridine rings is 1. The van der Waals surface area contributed by atoms with Crippen LogP contribution in [0.25, 0.3) is 0 Å². The minimum Gasteiger partial charge on any atom is -0.489 e. The van der Waals surface area contributed by atoms with Gasteiger partial charge in [0.15, 0.2) is 5.78 Å². The third kappa shape index (κ3) is 13.8. The Morgan fingerprint density at radius 2 is 1.32 bits per heavy atom. The number of carbonyl (C=O) groups is 4. The van der Waals surface area contributed by atoms with Gasteiger partial charge >= 0.3 is 18.4 Å². The molecule has 1 aromatic heterocycles. The number of halogens is 8. The average molecular weight is 1070 g/mol. The topological polar surface area (TPSA) is 131 Å². The van der Waals surface area contributed by atoms with Crippen molar-refractivity contribution in [2.45, 2.75) is 69.0 Å². The van der Waals surface area contributed by atoms with Gasteiger partial charge in [0.1, 0.15) is 35.3 Å². The SMILES string of the molecule is CC(C)(C)OC(=O)N1CCC(c2ccc(F)cc2)C(=O)C1.COCCOc1ccccc1N1CCN(C(=O)[C@@]2(Oc3ccc(C(F)(F)F)cc3)CN(C(=O)c3cnccc3C(F)(F)F)CCC2c2ccc(F)cc2)CC1. The molecule has 4 heterocycles. The number of aromatic nitrogens is 1. The molecule has 8 rings (SSSR count). The van der Waals surface area contributed by atoms with Crippen LogP contribution in [-0.4, -0.2) is 127 Å². The van der Waals surface area contributed by atoms with Crippen LogP contribution < -0.4 is 14.4 Å². The molecule has 3 aliphatic rings. The van der Waals surface area contributed by atoms with E-state index in [1.807, 2.05) is 29.2 Å². The number of hydrogen-bond donors (Lipinski definition) is 0. The summed E-state index contributed by atoms with van der Waals surface area (Å²) in [7, 11) is 1.56. The molecule has 76 heavy (non-hydrogen) atoms. The third-order valence-electron chi connectivity index (χ3n) is 13.1. The summed E-state index contributed by atoms with van der Waals surface area (Å²) < 4.78 is 133. The monoisotopic (exact) mass is 1070 g/mol. The van der Waals surface area contributed by atoms with Gasteiger partial charge in [-0.3, -0.25) is 19.4 Å². The zero-order chi connectivity index (χ0) is 55.0. The number of Topliss-reactive ketones (excluding diaryl/α,β-unsaturated/α-hetero) is 1. The van der Waals surface area contributed by atoms with Gasteiger partial charge in [0.05, 0.1) is 42.1 Å². The van der Waals surface area contributed by atoms with Crippen LogP contribution >= 0.6 is 0 Å². The Balaban J connectivity index is 0.000000334. The van der Waals surface area contributed by atoms with Crippen molar-refractivity contribution in [1.29, 1.82) is 0 Å². The molecule has 0 saturated carbocycles. The van der Waals surface area contributed by atoms with E-state index >= 15 is 4.79 Å². The van der Waals surface area contributed by atoms with Crippen LogP contribution in [0.3, 0.4) is 0 Å². The van der Waals surface area contributed by atoms with Crippen molar-refractivity contribution in [2.75, 3.05) is 77.6 Å². The van der Waals surface area contributed by atoms with Crippen LogP contribution in [0.4, 0.5) is 45.6 Å². The van der Waals surface area contributed by atoms with Crippen LogP contribution in [0, 0.1) is 11.6 Å². The number of para-hydroxylation sites is 2. The normalized spacial score (nSPS) is 19.3. The van der Waals surface area contributed by atoms with Gasteiger partial charge in [-0.15, -0.1) is 0 Å². The van der Waals surface area contributed by atoms with Gasteiger partial charge in [0.2, 0.25) is 5.60 Å². The van der Waals surface area contributed by atoms with Crippen molar-refractivity contribution < 1.29 is 73.2 Å². The number of piperidine rings is 2. The Bertz CT molecular complexity index is 2800. The average Bonchev–Trinajstić information content (AvgIpc) is 3.43. The molecule has 3 atom stereocenters. The van der Waals surface area contributed by atoms with Crippen molar-refractivity contribution in [1.82, 2.24) is 19.7 Å². The summed E-state index contributed by atoms with van der Waals surface area (Å²) in [6.45, 7) is 6.73. The van der Waals surface area contributed by atoms with E-state index in [4.69, 9.17) is 18.9 Å². The first kappa shape index (κ1) is 56.4. The molecule has 21 heteroatoms. The quantitative estimate of drug-likeness (QED) is 0.0931. The Morgan fingerprint density at radius 1 is 0.697 bits per heavy atom. The molecule has 3 saturated heterocycles. The second-order valence-corrected chi connectivity index (χ2v) is 19.4. The van der Waals surface area contributed by atoms with Crippen molar-refractivity contribution in [3.8, 4) is 11.5 Å². The highest BCUT2D eigenvalue weighted by molar-refractivity contribution is 5.97. The maximum Gasteiger partial charge on any atom is 0.417 e. The van der Waals surface area contributed by atoms with Crippen molar-refractivity contribution in [2.24, 2.45) is 0 Å². The maximum atomic E-state index is 15.1. The molecule has 0 aliphatic carbocycles. The summed E-state index contributed by atoms with van der Waals surface area (Å²) in [5, 5.41) is 0. The van der Waals surface area contributed by atoms with Crippen LogP contribution in [0.1, 0.15) is 78.1 Å². The number of anilines is 1. The lowest BCUT2D eigenvalue weighted by molar-refractivity contribution is -0.155. The molecule has 406 valence electrons. The van der Waals surface area contributed by atoms with Gasteiger partial charge in [0, 0.05) is 70.6 Å². The molecule has 0 N–H and O–H groups in total. The number of ether oxygens (including phenoxy) is 4. The Kier molecular flexibility index (Phi) is 17.6. The summed E-state index contributed by atoms with van der Waals surface area (Å²) in [6, 6.07) is 22.9. The summed E-state index contributed by atoms with van der Waals surface area (Å²) in [5.41, 5.74) is -3.62. The molecule has 0 bridgehead atoms. The van der Waals surface area contributed by atoms with Crippen molar-refractivity contribution >= 4 is 29.4 Å². The predicted octanol–water partition coefficient (Wildman–Crippen LogP) is 10.2. The number of amides is 3. The van der Waals surface area contributed by atoms with Gasteiger partial charge in [-0.25, -0.2) is 13.6 Å². The number of nitrogens with zero attached hydrogens (tertiary/aromatic N) is 5. The molecule has 3 aliphatic heterocycles. The summed E-state index contributed by atoms with van der Waals surface area (Å²) in [5.74, 6) is -3.40. The van der Waals surface area contributed by atoms with E-state index in [0.717, 1.165) is 52.8 Å². The minimum atomic E-state index is -4.91. The molecule has 13 nitrogen and oxygen atoms in total. The molecule has 5 aromatic rings. The van der Waals surface area contributed by atoms with Gasteiger partial charge in [0.25, 0.3) is 11.8 Å². The fraction of sp³-hybridized carbons (Fsp3) is 0.400. The number of methoxy groups -OCH3 is 1. The largest absolute Gasteiger partial charge is 0.489 e. The minimum absolute atomic E-state index is 0.0302. The standard InChI is InChI=1S/C39H37F7N4O5.C16H20FNO3/c1-53-22-23-54-34-5-3-2-4-33(34)48-18-20-49(21-19-48)36(52)37(55-29-12-8-27(9-13-29)38(41,42)43)25-50(17-15-31(37)26-6-10-28(40)11-7-26)35(51)30-24-47-16-14-32(30)39(44,45)46;1-16(2,3)21-15(20)18-9-8-13(14(19)10-18)11-4-6-12(17)7-5-11/h2-14,16,24,31H,15,17-23,25H2,1H3;4-7,13H,8-10H2,1-3H3/t31?,37-;/m1./s1. The van der Waals surface area contributed by atoms with Crippen LogP contribution in [0.2, 0.25) is 0 Å². The van der Waals surface area contributed by atoms with Crippen molar-refractivity contribution in [3.63, 3.8) is 0 Å². The fourth-order valence-corrected chi connectivity index (χ4v) is 9.41. The lowest BCUT2D eigenvalue weighted by atomic mass is 9.75. The third-order valence-corrected chi connectivity index (χ3v) is 13.1. The molecule has 0 spiro atoms. The van der Waals surface area contributed by atoms with Crippen LogP contribution in [0.15, 0.2) is 116 Å². The highest BCUT2D eigenvalue weighted by Gasteiger charge is 2.56. The van der Waals surface area contributed by atoms with Gasteiger partial charge in [-0.2, -0.15) is 26.3 Å². The van der Waals surface area contributed by atoms with E-state index in [2.05, 4.69) is 4.98 Å². The fourth-order valence-electron chi connectivity index (χ4n) is 9.41. The summed E-state index contributed by atoms with van der Waals surface area (Å²) in [4.78, 5) is 63.0. The first-order valence-corrected chi connectivity index (χ1v) is 24.4. The van der Waals surface area contributed by atoms with Gasteiger partial charge < -0.3 is 38.5 Å². The first-order chi connectivity index (χ1) is 36.0. The van der Waals surface area contributed by atoms with E-state index in [0.29, 0.717) is 56.6 Å². The Labute approximate surface area is 434 Å². The first-order valence-electron chi connectivity index (χ1n) is 24.4. The number of rotatable bonds is 11. The molecule has 4 aromatic carbocycles. The number of carbonyl (C=O) groups excluding carboxylic acids is 4. The molecule has 3 amide bonds. The van der Waals surface area contributed by atoms with E-state index < -0.39 is 76.4 Å². The summed E-state index contributed by atoms with van der Waals surface area (Å²) >= 11 is 0. The molecular weight excluding hydrogens is 1010 g/mol. The Hall–Kier alpha value is -7.29. The number of alkyl halides is 6. The van der Waals surface area contributed by atoms with Gasteiger partial charge in [-0.1, -0.05) is 36.4 Å². The number of hydrogen-bond acceptors (Lipinski definition) is 10. The zero-order valence-electron chi connectivity index (χ0n) is 42.1. The van der Waals surface area contributed by atoms with Crippen LogP contribution in [0.5, 0.6) is 11.5 Å². The highest BCUT2D eigenvalue weighted by atomic mass is 19.4. The van der Waals surface area contributed by atoms with Crippen LogP contribution in [-0.2, 0) is 31.4 Å². The predicted molar refractivity (Wildman–Crippen MR) is 263 cm³/mol. The smallest absolute Gasteiger partial charge is 0.417 e. The zero-order valence-corrected chi connectivity index (χ0v) is 42.1. The van der Waals surface area contributed by atoms with Crippen molar-refractivity contribution in [3.05, 3.63) is 155 Å².